The zero-order valence-corrected chi connectivity index (χ0v) is 12.3. The van der Waals surface area contributed by atoms with E-state index in [-0.39, 0.29) is 0 Å². The van der Waals surface area contributed by atoms with Crippen molar-refractivity contribution >= 4 is 26.7 Å². The predicted octanol–water partition coefficient (Wildman–Crippen LogP) is 1.44. The van der Waals surface area contributed by atoms with Crippen molar-refractivity contribution in [1.82, 2.24) is 15.1 Å². The minimum atomic E-state index is -0.727. The fourth-order valence-electron chi connectivity index (χ4n) is 1.46. The molecule has 0 aliphatic heterocycles. The number of aryl methyl sites for hydroxylation is 2. The van der Waals surface area contributed by atoms with Gasteiger partial charge in [0, 0.05) is 42.4 Å². The fraction of sp³-hybridized carbons (Fsp3) is 0.700. The number of nitrogens with one attached hydrogen (secondary N) is 1. The minimum absolute atomic E-state index is 0.691. The van der Waals surface area contributed by atoms with E-state index in [4.69, 9.17) is 0 Å². The molecular weight excluding hydrogens is 290 g/mol. The Morgan fingerprint density at radius 1 is 1.56 bits per heavy atom. The highest BCUT2D eigenvalue weighted by Crippen LogP contribution is 2.20. The van der Waals surface area contributed by atoms with Gasteiger partial charge in [-0.2, -0.15) is 5.10 Å². The minimum Gasteiger partial charge on any atom is -0.310 e. The van der Waals surface area contributed by atoms with Gasteiger partial charge in [0.05, 0.1) is 15.9 Å². The van der Waals surface area contributed by atoms with Crippen LogP contribution < -0.4 is 5.32 Å². The zero-order valence-electron chi connectivity index (χ0n) is 9.92. The topological polar surface area (TPSA) is 46.9 Å². The molecule has 92 valence electrons. The Hall–Kier alpha value is -0.200. The van der Waals surface area contributed by atoms with Crippen molar-refractivity contribution in [3.63, 3.8) is 0 Å². The highest BCUT2D eigenvalue weighted by atomic mass is 79.9. The van der Waals surface area contributed by atoms with E-state index in [1.54, 1.807) is 6.26 Å². The van der Waals surface area contributed by atoms with Crippen molar-refractivity contribution in [3.05, 3.63) is 15.9 Å². The van der Waals surface area contributed by atoms with Gasteiger partial charge in [0.2, 0.25) is 0 Å². The zero-order chi connectivity index (χ0) is 12.1. The van der Waals surface area contributed by atoms with Crippen molar-refractivity contribution in [2.75, 3.05) is 18.6 Å². The second-order valence-electron chi connectivity index (χ2n) is 3.62. The molecule has 0 saturated carbocycles. The summed E-state index contributed by atoms with van der Waals surface area (Å²) in [5.74, 6) is 0.691. The Morgan fingerprint density at radius 3 is 2.81 bits per heavy atom. The molecular formula is C10H18BrN3OS. The molecule has 0 aliphatic carbocycles. The van der Waals surface area contributed by atoms with Crippen LogP contribution >= 0.6 is 15.9 Å². The van der Waals surface area contributed by atoms with Crippen LogP contribution in [0.3, 0.4) is 0 Å². The highest BCUT2D eigenvalue weighted by molar-refractivity contribution is 9.10. The van der Waals surface area contributed by atoms with Gasteiger partial charge in [0.1, 0.15) is 0 Å². The molecule has 1 heterocycles. The van der Waals surface area contributed by atoms with Crippen LogP contribution in [0.5, 0.6) is 0 Å². The van der Waals surface area contributed by atoms with Crippen LogP contribution in [0.1, 0.15) is 18.3 Å². The number of hydrogen-bond donors (Lipinski definition) is 1. The monoisotopic (exact) mass is 307 g/mol. The van der Waals surface area contributed by atoms with E-state index in [9.17, 15) is 4.21 Å². The van der Waals surface area contributed by atoms with Crippen molar-refractivity contribution in [3.8, 4) is 0 Å². The molecule has 1 rings (SSSR count). The molecule has 0 radical (unpaired) electrons. The SMILES string of the molecule is CCn1nc(C)c(Br)c1CNCCS(C)=O. The van der Waals surface area contributed by atoms with E-state index >= 15 is 0 Å². The standard InChI is InChI=1S/C10H18BrN3OS/c1-4-14-9(10(11)8(2)13-14)7-12-5-6-16(3)15/h12H,4-7H2,1-3H3. The van der Waals surface area contributed by atoms with Crippen LogP contribution in [-0.2, 0) is 23.9 Å². The Kier molecular flexibility index (Phi) is 5.64. The Balaban J connectivity index is 2.55. The first-order valence-electron chi connectivity index (χ1n) is 5.28. The van der Waals surface area contributed by atoms with Gasteiger partial charge in [-0.3, -0.25) is 8.89 Å². The average molecular weight is 308 g/mol. The predicted molar refractivity (Wildman–Crippen MR) is 71.0 cm³/mol. The molecule has 1 aromatic rings. The van der Waals surface area contributed by atoms with E-state index in [1.165, 1.54) is 0 Å². The molecule has 0 spiro atoms. The normalized spacial score (nSPS) is 13.0. The summed E-state index contributed by atoms with van der Waals surface area (Å²) in [4.78, 5) is 0. The van der Waals surface area contributed by atoms with Gasteiger partial charge in [0.25, 0.3) is 0 Å². The van der Waals surface area contributed by atoms with Crippen LogP contribution in [0.15, 0.2) is 4.47 Å². The summed E-state index contributed by atoms with van der Waals surface area (Å²) in [6.45, 7) is 6.45. The maximum Gasteiger partial charge on any atom is 0.0739 e. The Labute approximate surface area is 107 Å². The molecule has 0 amide bonds. The van der Waals surface area contributed by atoms with Gasteiger partial charge in [0.15, 0.2) is 0 Å². The Bertz CT molecular complexity index is 378. The maximum atomic E-state index is 10.9. The summed E-state index contributed by atoms with van der Waals surface area (Å²) in [5, 5.41) is 7.69. The van der Waals surface area contributed by atoms with Crippen LogP contribution in [0.4, 0.5) is 0 Å². The maximum absolute atomic E-state index is 10.9. The smallest absolute Gasteiger partial charge is 0.0739 e. The van der Waals surface area contributed by atoms with Crippen LogP contribution in [0.25, 0.3) is 0 Å². The van der Waals surface area contributed by atoms with Gasteiger partial charge >= 0.3 is 0 Å². The summed E-state index contributed by atoms with van der Waals surface area (Å²) in [7, 11) is -0.727. The third-order valence-electron chi connectivity index (χ3n) is 2.31. The van der Waals surface area contributed by atoms with Gasteiger partial charge in [-0.1, -0.05) is 0 Å². The number of aromatic nitrogens is 2. The molecule has 6 heteroatoms. The second-order valence-corrected chi connectivity index (χ2v) is 5.96. The first-order valence-corrected chi connectivity index (χ1v) is 7.80. The second kappa shape index (κ2) is 6.51. The Morgan fingerprint density at radius 2 is 2.25 bits per heavy atom. The summed E-state index contributed by atoms with van der Waals surface area (Å²) in [5.41, 5.74) is 2.17. The molecule has 0 saturated heterocycles. The molecule has 0 aliphatic rings. The van der Waals surface area contributed by atoms with Crippen molar-refractivity contribution in [2.45, 2.75) is 26.9 Å². The van der Waals surface area contributed by atoms with E-state index in [2.05, 4.69) is 33.3 Å². The van der Waals surface area contributed by atoms with Gasteiger partial charge < -0.3 is 5.32 Å². The number of nitrogens with zero attached hydrogens (tertiary/aromatic N) is 2. The molecule has 0 aromatic carbocycles. The average Bonchev–Trinajstić information content (AvgIpc) is 2.50. The van der Waals surface area contributed by atoms with Crippen LogP contribution in [0, 0.1) is 6.92 Å². The lowest BCUT2D eigenvalue weighted by Crippen LogP contribution is -2.21. The summed E-state index contributed by atoms with van der Waals surface area (Å²) >= 11 is 3.54. The molecule has 0 fully saturated rings. The lowest BCUT2D eigenvalue weighted by Gasteiger charge is -2.06. The molecule has 16 heavy (non-hydrogen) atoms. The van der Waals surface area contributed by atoms with E-state index < -0.39 is 10.8 Å². The first-order chi connectivity index (χ1) is 7.56. The van der Waals surface area contributed by atoms with E-state index in [1.807, 2.05) is 11.6 Å². The van der Waals surface area contributed by atoms with Crippen molar-refractivity contribution in [2.24, 2.45) is 0 Å². The molecule has 1 unspecified atom stereocenters. The van der Waals surface area contributed by atoms with Crippen LogP contribution in [0.2, 0.25) is 0 Å². The number of hydrogen-bond acceptors (Lipinski definition) is 3. The summed E-state index contributed by atoms with van der Waals surface area (Å²) in [6, 6.07) is 0. The molecule has 4 nitrogen and oxygen atoms in total. The molecule has 1 aromatic heterocycles. The summed E-state index contributed by atoms with van der Waals surface area (Å²) in [6.07, 6.45) is 1.72. The quantitative estimate of drug-likeness (QED) is 0.809. The third-order valence-corrected chi connectivity index (χ3v) is 4.12. The number of rotatable bonds is 6. The molecule has 0 bridgehead atoms. The lowest BCUT2D eigenvalue weighted by atomic mass is 10.3. The number of halogens is 1. The van der Waals surface area contributed by atoms with Crippen LogP contribution in [-0.4, -0.2) is 32.5 Å². The van der Waals surface area contributed by atoms with Gasteiger partial charge in [-0.15, -0.1) is 0 Å². The van der Waals surface area contributed by atoms with Gasteiger partial charge in [-0.25, -0.2) is 0 Å². The first kappa shape index (κ1) is 13.9. The van der Waals surface area contributed by atoms with E-state index in [0.717, 1.165) is 35.5 Å². The third kappa shape index (κ3) is 3.68. The molecule has 1 atom stereocenters. The fourth-order valence-corrected chi connectivity index (χ4v) is 2.32. The van der Waals surface area contributed by atoms with Crippen molar-refractivity contribution < 1.29 is 4.21 Å². The van der Waals surface area contributed by atoms with Crippen molar-refractivity contribution in [1.29, 1.82) is 0 Å². The highest BCUT2D eigenvalue weighted by Gasteiger charge is 2.10. The summed E-state index contributed by atoms with van der Waals surface area (Å²) < 4.78 is 13.9. The van der Waals surface area contributed by atoms with E-state index in [0.29, 0.717) is 5.75 Å². The lowest BCUT2D eigenvalue weighted by molar-refractivity contribution is 0.586. The molecule has 1 N–H and O–H groups in total. The largest absolute Gasteiger partial charge is 0.310 e. The van der Waals surface area contributed by atoms with Gasteiger partial charge in [-0.05, 0) is 29.8 Å².